The average molecular weight is 274 g/mol. The van der Waals surface area contributed by atoms with Gasteiger partial charge >= 0.3 is 0 Å². The Balaban J connectivity index is 1.98. The second-order valence-electron chi connectivity index (χ2n) is 6.17. The molecule has 1 aliphatic heterocycles. The van der Waals surface area contributed by atoms with E-state index in [1.807, 2.05) is 4.90 Å². The fraction of sp³-hybridized carbons (Fsp3) is 0.588. The first-order valence-electron chi connectivity index (χ1n) is 7.65. The van der Waals surface area contributed by atoms with E-state index in [1.165, 1.54) is 5.56 Å². The predicted octanol–water partition coefficient (Wildman–Crippen LogP) is 2.93. The van der Waals surface area contributed by atoms with Gasteiger partial charge in [0.1, 0.15) is 0 Å². The summed E-state index contributed by atoms with van der Waals surface area (Å²) in [5.74, 6) is 1.66. The van der Waals surface area contributed by atoms with Gasteiger partial charge in [-0.05, 0) is 35.8 Å². The number of likely N-dealkylation sites (tertiary alicyclic amines) is 1. The topological polar surface area (TPSA) is 46.3 Å². The molecule has 0 aliphatic carbocycles. The van der Waals surface area contributed by atoms with Gasteiger partial charge in [0, 0.05) is 26.1 Å². The molecule has 3 nitrogen and oxygen atoms in total. The van der Waals surface area contributed by atoms with Gasteiger partial charge in [0.05, 0.1) is 0 Å². The fourth-order valence-corrected chi connectivity index (χ4v) is 2.89. The number of nitrogens with two attached hydrogens (primary N) is 1. The molecule has 0 spiro atoms. The number of benzene rings is 1. The molecule has 2 rings (SSSR count). The van der Waals surface area contributed by atoms with Crippen molar-refractivity contribution in [3.63, 3.8) is 0 Å². The average Bonchev–Trinajstić information content (AvgIpc) is 2.63. The summed E-state index contributed by atoms with van der Waals surface area (Å²) in [7, 11) is 0. The van der Waals surface area contributed by atoms with Gasteiger partial charge in [0.25, 0.3) is 0 Å². The highest BCUT2D eigenvalue weighted by atomic mass is 16.2. The van der Waals surface area contributed by atoms with Crippen LogP contribution in [0.1, 0.15) is 44.2 Å². The highest BCUT2D eigenvalue weighted by molar-refractivity contribution is 5.76. The number of nitrogens with zero attached hydrogens (tertiary/aromatic N) is 1. The quantitative estimate of drug-likeness (QED) is 0.917. The summed E-state index contributed by atoms with van der Waals surface area (Å²) in [6, 6.07) is 8.27. The Morgan fingerprint density at radius 1 is 1.20 bits per heavy atom. The summed E-state index contributed by atoms with van der Waals surface area (Å²) in [5, 5.41) is 0. The van der Waals surface area contributed by atoms with Crippen LogP contribution in [0.5, 0.6) is 0 Å². The molecule has 110 valence electrons. The first-order valence-corrected chi connectivity index (χ1v) is 7.65. The van der Waals surface area contributed by atoms with E-state index in [9.17, 15) is 4.79 Å². The molecule has 1 aliphatic rings. The van der Waals surface area contributed by atoms with E-state index in [-0.39, 0.29) is 0 Å². The van der Waals surface area contributed by atoms with Crippen LogP contribution in [0.3, 0.4) is 0 Å². The Hall–Kier alpha value is -1.35. The highest BCUT2D eigenvalue weighted by Gasteiger charge is 2.24. The van der Waals surface area contributed by atoms with Crippen molar-refractivity contribution in [1.29, 1.82) is 0 Å². The molecular weight excluding hydrogens is 248 g/mol. The standard InChI is InChI=1S/C17H26N2O/c1-13(2)16-7-8-17(20)19(10-9-16)12-15-5-3-14(11-18)4-6-15/h3-6,13,16H,7-12,18H2,1-2H3. The minimum Gasteiger partial charge on any atom is -0.338 e. The van der Waals surface area contributed by atoms with Crippen molar-refractivity contribution in [2.75, 3.05) is 6.54 Å². The second kappa shape index (κ2) is 6.89. The van der Waals surface area contributed by atoms with Crippen LogP contribution in [-0.2, 0) is 17.9 Å². The predicted molar refractivity (Wildman–Crippen MR) is 81.9 cm³/mol. The minimum atomic E-state index is 0.302. The van der Waals surface area contributed by atoms with E-state index in [0.717, 1.165) is 31.5 Å². The lowest BCUT2D eigenvalue weighted by atomic mass is 9.89. The number of amides is 1. The molecule has 1 aromatic rings. The molecule has 2 N–H and O–H groups in total. The lowest BCUT2D eigenvalue weighted by Crippen LogP contribution is -2.29. The highest BCUT2D eigenvalue weighted by Crippen LogP contribution is 2.25. The van der Waals surface area contributed by atoms with Gasteiger partial charge in [-0.15, -0.1) is 0 Å². The molecule has 1 amide bonds. The molecule has 0 saturated carbocycles. The zero-order chi connectivity index (χ0) is 14.5. The molecule has 1 unspecified atom stereocenters. The summed E-state index contributed by atoms with van der Waals surface area (Å²) < 4.78 is 0. The van der Waals surface area contributed by atoms with Gasteiger partial charge in [0.15, 0.2) is 0 Å². The third-order valence-electron chi connectivity index (χ3n) is 4.43. The maximum Gasteiger partial charge on any atom is 0.222 e. The van der Waals surface area contributed by atoms with Crippen LogP contribution in [-0.4, -0.2) is 17.4 Å². The molecule has 20 heavy (non-hydrogen) atoms. The largest absolute Gasteiger partial charge is 0.338 e. The Bertz CT molecular complexity index is 439. The third kappa shape index (κ3) is 3.83. The molecule has 0 bridgehead atoms. The Morgan fingerprint density at radius 3 is 2.45 bits per heavy atom. The number of carbonyl (C=O) groups is 1. The molecule has 0 aromatic heterocycles. The molecule has 1 heterocycles. The normalized spacial score (nSPS) is 20.3. The fourth-order valence-electron chi connectivity index (χ4n) is 2.89. The van der Waals surface area contributed by atoms with Crippen molar-refractivity contribution >= 4 is 5.91 Å². The first-order chi connectivity index (χ1) is 9.60. The Morgan fingerprint density at radius 2 is 1.85 bits per heavy atom. The second-order valence-corrected chi connectivity index (χ2v) is 6.17. The van der Waals surface area contributed by atoms with Crippen LogP contribution in [0, 0.1) is 11.8 Å². The Kier molecular flexibility index (Phi) is 5.18. The molecule has 0 radical (unpaired) electrons. The van der Waals surface area contributed by atoms with Crippen LogP contribution >= 0.6 is 0 Å². The van der Waals surface area contributed by atoms with E-state index >= 15 is 0 Å². The monoisotopic (exact) mass is 274 g/mol. The SMILES string of the molecule is CC(C)C1CCC(=O)N(Cc2ccc(CN)cc2)CC1. The maximum absolute atomic E-state index is 12.2. The molecule has 1 aromatic carbocycles. The molecular formula is C17H26N2O. The molecule has 1 atom stereocenters. The summed E-state index contributed by atoms with van der Waals surface area (Å²) in [4.78, 5) is 14.2. The van der Waals surface area contributed by atoms with Crippen molar-refractivity contribution in [3.8, 4) is 0 Å². The summed E-state index contributed by atoms with van der Waals surface area (Å²) in [5.41, 5.74) is 7.93. The van der Waals surface area contributed by atoms with Crippen LogP contribution in [0.25, 0.3) is 0 Å². The van der Waals surface area contributed by atoms with Gasteiger partial charge < -0.3 is 10.6 Å². The summed E-state index contributed by atoms with van der Waals surface area (Å²) >= 11 is 0. The minimum absolute atomic E-state index is 0.302. The van der Waals surface area contributed by atoms with Crippen molar-refractivity contribution in [2.24, 2.45) is 17.6 Å². The summed E-state index contributed by atoms with van der Waals surface area (Å²) in [6.45, 7) is 6.71. The lowest BCUT2D eigenvalue weighted by Gasteiger charge is -2.22. The van der Waals surface area contributed by atoms with E-state index in [2.05, 4.69) is 38.1 Å². The van der Waals surface area contributed by atoms with Crippen molar-refractivity contribution in [1.82, 2.24) is 4.90 Å². The molecule has 3 heteroatoms. The number of hydrogen-bond acceptors (Lipinski definition) is 2. The zero-order valence-electron chi connectivity index (χ0n) is 12.6. The van der Waals surface area contributed by atoms with Gasteiger partial charge in [0.2, 0.25) is 5.91 Å². The van der Waals surface area contributed by atoms with Crippen molar-refractivity contribution < 1.29 is 4.79 Å². The van der Waals surface area contributed by atoms with E-state index < -0.39 is 0 Å². The number of rotatable bonds is 4. The van der Waals surface area contributed by atoms with Gasteiger partial charge in [-0.25, -0.2) is 0 Å². The van der Waals surface area contributed by atoms with Gasteiger partial charge in [-0.2, -0.15) is 0 Å². The van der Waals surface area contributed by atoms with E-state index in [4.69, 9.17) is 5.73 Å². The van der Waals surface area contributed by atoms with Crippen LogP contribution < -0.4 is 5.73 Å². The first kappa shape index (κ1) is 15.0. The van der Waals surface area contributed by atoms with Gasteiger partial charge in [-0.3, -0.25) is 4.79 Å². The van der Waals surface area contributed by atoms with Crippen molar-refractivity contribution in [3.05, 3.63) is 35.4 Å². The molecule has 1 fully saturated rings. The smallest absolute Gasteiger partial charge is 0.222 e. The number of carbonyl (C=O) groups excluding carboxylic acids is 1. The maximum atomic E-state index is 12.2. The Labute approximate surface area is 122 Å². The van der Waals surface area contributed by atoms with E-state index in [0.29, 0.717) is 30.7 Å². The zero-order valence-corrected chi connectivity index (χ0v) is 12.6. The third-order valence-corrected chi connectivity index (χ3v) is 4.43. The van der Waals surface area contributed by atoms with Crippen molar-refractivity contribution in [2.45, 2.75) is 46.2 Å². The van der Waals surface area contributed by atoms with Crippen LogP contribution in [0.4, 0.5) is 0 Å². The lowest BCUT2D eigenvalue weighted by molar-refractivity contribution is -0.131. The van der Waals surface area contributed by atoms with Gasteiger partial charge in [-0.1, -0.05) is 38.1 Å². The molecule has 1 saturated heterocycles. The van der Waals surface area contributed by atoms with Crippen LogP contribution in [0.15, 0.2) is 24.3 Å². The summed E-state index contributed by atoms with van der Waals surface area (Å²) in [6.07, 6.45) is 2.87. The van der Waals surface area contributed by atoms with E-state index in [1.54, 1.807) is 0 Å². The van der Waals surface area contributed by atoms with Crippen LogP contribution in [0.2, 0.25) is 0 Å². The number of hydrogen-bond donors (Lipinski definition) is 1.